The van der Waals surface area contributed by atoms with Gasteiger partial charge in [0.25, 0.3) is 0 Å². The molecule has 1 saturated carbocycles. The van der Waals surface area contributed by atoms with Gasteiger partial charge in [0, 0.05) is 42.6 Å². The van der Waals surface area contributed by atoms with E-state index in [4.69, 9.17) is 16.3 Å². The van der Waals surface area contributed by atoms with Gasteiger partial charge < -0.3 is 15.4 Å². The summed E-state index contributed by atoms with van der Waals surface area (Å²) in [7, 11) is 1.83. The lowest BCUT2D eigenvalue weighted by Gasteiger charge is -2.54. The van der Waals surface area contributed by atoms with E-state index >= 15 is 0 Å². The van der Waals surface area contributed by atoms with E-state index < -0.39 is 0 Å². The Morgan fingerprint density at radius 3 is 2.92 bits per heavy atom. The molecule has 24 heavy (non-hydrogen) atoms. The van der Waals surface area contributed by atoms with Gasteiger partial charge in [-0.1, -0.05) is 43.6 Å². The monoisotopic (exact) mass is 349 g/mol. The van der Waals surface area contributed by atoms with Crippen LogP contribution in [0.15, 0.2) is 29.3 Å². The molecule has 0 radical (unpaired) electrons. The highest BCUT2D eigenvalue weighted by molar-refractivity contribution is 6.31. The van der Waals surface area contributed by atoms with Gasteiger partial charge in [0.1, 0.15) is 0 Å². The molecule has 132 valence electrons. The molecule has 3 atom stereocenters. The highest BCUT2D eigenvalue weighted by Gasteiger charge is 2.59. The maximum absolute atomic E-state index is 6.20. The minimum Gasteiger partial charge on any atom is -0.377 e. The maximum atomic E-state index is 6.20. The van der Waals surface area contributed by atoms with Crippen molar-refractivity contribution in [2.24, 2.45) is 16.3 Å². The second-order valence-corrected chi connectivity index (χ2v) is 7.79. The molecule has 1 heterocycles. The molecule has 2 fully saturated rings. The number of halogens is 1. The molecule has 0 amide bonds. The van der Waals surface area contributed by atoms with Gasteiger partial charge in [-0.15, -0.1) is 0 Å². The molecule has 5 heteroatoms. The molecule has 0 bridgehead atoms. The van der Waals surface area contributed by atoms with Crippen LogP contribution in [0.3, 0.4) is 0 Å². The number of rotatable bonds is 5. The maximum Gasteiger partial charge on any atom is 0.191 e. The van der Waals surface area contributed by atoms with Gasteiger partial charge in [0.2, 0.25) is 0 Å². The Morgan fingerprint density at radius 2 is 2.17 bits per heavy atom. The van der Waals surface area contributed by atoms with E-state index in [1.807, 2.05) is 25.2 Å². The molecular weight excluding hydrogens is 322 g/mol. The Morgan fingerprint density at radius 1 is 1.38 bits per heavy atom. The summed E-state index contributed by atoms with van der Waals surface area (Å²) in [5, 5.41) is 7.89. The Hall–Kier alpha value is -1.26. The van der Waals surface area contributed by atoms with Crippen LogP contribution in [0.5, 0.6) is 0 Å². The molecule has 1 aliphatic carbocycles. The van der Waals surface area contributed by atoms with E-state index in [-0.39, 0.29) is 5.41 Å². The third-order valence-electron chi connectivity index (χ3n) is 5.49. The van der Waals surface area contributed by atoms with Crippen molar-refractivity contribution in [2.45, 2.75) is 45.3 Å². The third-order valence-corrected chi connectivity index (χ3v) is 5.86. The number of ether oxygens (including phenoxy) is 1. The Labute approximate surface area is 150 Å². The Balaban J connectivity index is 1.45. The molecule has 4 nitrogen and oxygen atoms in total. The zero-order valence-electron chi connectivity index (χ0n) is 14.8. The third kappa shape index (κ3) is 3.40. The molecule has 0 aromatic heterocycles. The van der Waals surface area contributed by atoms with Crippen molar-refractivity contribution in [1.29, 1.82) is 0 Å². The van der Waals surface area contributed by atoms with E-state index in [2.05, 4.69) is 35.5 Å². The lowest BCUT2D eigenvalue weighted by Crippen LogP contribution is -2.67. The van der Waals surface area contributed by atoms with Gasteiger partial charge in [-0.25, -0.2) is 0 Å². The predicted octanol–water partition coefficient (Wildman–Crippen LogP) is 3.25. The highest BCUT2D eigenvalue weighted by atomic mass is 35.5. The molecule has 2 N–H and O–H groups in total. The van der Waals surface area contributed by atoms with Crippen molar-refractivity contribution in [3.63, 3.8) is 0 Å². The average Bonchev–Trinajstić information content (AvgIpc) is 3.02. The number of aliphatic imine (C=N–C) groups is 1. The highest BCUT2D eigenvalue weighted by Crippen LogP contribution is 2.52. The van der Waals surface area contributed by atoms with Crippen LogP contribution in [-0.2, 0) is 11.2 Å². The first-order chi connectivity index (χ1) is 11.5. The molecule has 3 rings (SSSR count). The fraction of sp³-hybridized carbons (Fsp3) is 0.632. The van der Waals surface area contributed by atoms with E-state index in [0.717, 1.165) is 43.4 Å². The predicted molar refractivity (Wildman–Crippen MR) is 99.7 cm³/mol. The smallest absolute Gasteiger partial charge is 0.191 e. The van der Waals surface area contributed by atoms with Gasteiger partial charge in [-0.05, 0) is 30.9 Å². The van der Waals surface area contributed by atoms with Gasteiger partial charge in [-0.3, -0.25) is 4.99 Å². The minimum atomic E-state index is 0.163. The van der Waals surface area contributed by atoms with Crippen molar-refractivity contribution in [3.8, 4) is 0 Å². The van der Waals surface area contributed by atoms with Crippen LogP contribution in [-0.4, -0.2) is 38.3 Å². The number of benzene rings is 1. The van der Waals surface area contributed by atoms with Crippen molar-refractivity contribution in [3.05, 3.63) is 34.9 Å². The number of nitrogens with zero attached hydrogens (tertiary/aromatic N) is 1. The SMILES string of the molecule is CN=C(NCCCc1ccccc1Cl)NC1C2CCOC2C1(C)C. The van der Waals surface area contributed by atoms with Crippen LogP contribution < -0.4 is 10.6 Å². The number of aryl methyl sites for hydroxylation is 1. The van der Waals surface area contributed by atoms with Crippen molar-refractivity contribution in [2.75, 3.05) is 20.2 Å². The van der Waals surface area contributed by atoms with E-state index in [0.29, 0.717) is 18.1 Å². The first kappa shape index (κ1) is 17.6. The van der Waals surface area contributed by atoms with Gasteiger partial charge in [0.15, 0.2) is 5.96 Å². The summed E-state index contributed by atoms with van der Waals surface area (Å²) in [4.78, 5) is 4.38. The van der Waals surface area contributed by atoms with Crippen LogP contribution in [0.25, 0.3) is 0 Å². The molecule has 1 saturated heterocycles. The lowest BCUT2D eigenvalue weighted by atomic mass is 9.57. The van der Waals surface area contributed by atoms with Crippen molar-refractivity contribution in [1.82, 2.24) is 10.6 Å². The van der Waals surface area contributed by atoms with Crippen LogP contribution >= 0.6 is 11.6 Å². The quantitative estimate of drug-likeness (QED) is 0.487. The normalized spacial score (nSPS) is 28.2. The van der Waals surface area contributed by atoms with Gasteiger partial charge in [-0.2, -0.15) is 0 Å². The van der Waals surface area contributed by atoms with Crippen LogP contribution in [0.4, 0.5) is 0 Å². The minimum absolute atomic E-state index is 0.163. The summed E-state index contributed by atoms with van der Waals surface area (Å²) in [6, 6.07) is 8.47. The first-order valence-corrected chi connectivity index (χ1v) is 9.24. The van der Waals surface area contributed by atoms with E-state index in [1.54, 1.807) is 0 Å². The summed E-state index contributed by atoms with van der Waals surface area (Å²) < 4.78 is 5.86. The topological polar surface area (TPSA) is 45.7 Å². The van der Waals surface area contributed by atoms with Crippen molar-refractivity contribution >= 4 is 17.6 Å². The largest absolute Gasteiger partial charge is 0.377 e. The number of guanidine groups is 1. The second-order valence-electron chi connectivity index (χ2n) is 7.38. The van der Waals surface area contributed by atoms with Gasteiger partial charge >= 0.3 is 0 Å². The number of nitrogens with one attached hydrogen (secondary N) is 2. The standard InChI is InChI=1S/C19H28ClN3O/c1-19(2)16(14-10-12-24-17(14)19)23-18(21-3)22-11-6-8-13-7-4-5-9-15(13)20/h4-5,7,9,14,16-17H,6,8,10-12H2,1-3H3,(H2,21,22,23). The van der Waals surface area contributed by atoms with Crippen molar-refractivity contribution < 1.29 is 4.74 Å². The molecular formula is C19H28ClN3O. The molecule has 1 aliphatic heterocycles. The Kier molecular flexibility index (Phi) is 5.36. The second kappa shape index (κ2) is 7.32. The van der Waals surface area contributed by atoms with Crippen LogP contribution in [0, 0.1) is 11.3 Å². The zero-order valence-corrected chi connectivity index (χ0v) is 15.6. The lowest BCUT2D eigenvalue weighted by molar-refractivity contribution is -0.106. The fourth-order valence-electron chi connectivity index (χ4n) is 4.15. The number of hydrogen-bond acceptors (Lipinski definition) is 2. The fourth-order valence-corrected chi connectivity index (χ4v) is 4.38. The average molecular weight is 350 g/mol. The molecule has 1 aromatic carbocycles. The van der Waals surface area contributed by atoms with Gasteiger partial charge in [0.05, 0.1) is 6.10 Å². The number of hydrogen-bond donors (Lipinski definition) is 2. The van der Waals surface area contributed by atoms with Crippen LogP contribution in [0.1, 0.15) is 32.3 Å². The zero-order chi connectivity index (χ0) is 17.2. The molecule has 0 spiro atoms. The first-order valence-electron chi connectivity index (χ1n) is 8.86. The molecule has 3 unspecified atom stereocenters. The van der Waals surface area contributed by atoms with E-state index in [1.165, 1.54) is 5.56 Å². The summed E-state index contributed by atoms with van der Waals surface area (Å²) in [5.41, 5.74) is 1.37. The summed E-state index contributed by atoms with van der Waals surface area (Å²) >= 11 is 6.20. The summed E-state index contributed by atoms with van der Waals surface area (Å²) in [6.07, 6.45) is 3.54. The number of fused-ring (bicyclic) bond motifs is 1. The van der Waals surface area contributed by atoms with E-state index in [9.17, 15) is 0 Å². The summed E-state index contributed by atoms with van der Waals surface area (Å²) in [6.45, 7) is 6.33. The summed E-state index contributed by atoms with van der Waals surface area (Å²) in [5.74, 6) is 1.50. The molecule has 2 aliphatic rings. The van der Waals surface area contributed by atoms with Crippen LogP contribution in [0.2, 0.25) is 5.02 Å². The Bertz CT molecular complexity index is 602. The molecule has 1 aromatic rings.